The molecule has 0 saturated carbocycles. The number of rotatable bonds is 8. The number of nitro benzene ring substituents is 1. The van der Waals surface area contributed by atoms with Crippen LogP contribution in [0.2, 0.25) is 0 Å². The summed E-state index contributed by atoms with van der Waals surface area (Å²) in [4.78, 5) is 37.7. The van der Waals surface area contributed by atoms with Gasteiger partial charge in [-0.3, -0.25) is 14.9 Å². The van der Waals surface area contributed by atoms with E-state index in [4.69, 9.17) is 15.7 Å². The summed E-state index contributed by atoms with van der Waals surface area (Å²) < 4.78 is 5.11. The van der Waals surface area contributed by atoms with Crippen LogP contribution in [0.15, 0.2) is 59.8 Å². The third kappa shape index (κ3) is 5.98. The summed E-state index contributed by atoms with van der Waals surface area (Å²) in [5.74, 6) is -1.10. The first-order valence-corrected chi connectivity index (χ1v) is 10.9. The predicted octanol–water partition coefficient (Wildman–Crippen LogP) is 3.54. The lowest BCUT2D eigenvalue weighted by atomic mass is 9.90. The second-order valence-corrected chi connectivity index (χ2v) is 8.25. The number of hydrogen-bond donors (Lipinski definition) is 1. The number of hydrogen-bond acceptors (Lipinski definition) is 8. The van der Waals surface area contributed by atoms with E-state index in [9.17, 15) is 19.7 Å². The van der Waals surface area contributed by atoms with Crippen molar-refractivity contribution < 1.29 is 19.2 Å². The summed E-state index contributed by atoms with van der Waals surface area (Å²) in [6.07, 6.45) is 2.79. The van der Waals surface area contributed by atoms with Crippen LogP contribution in [0.1, 0.15) is 35.7 Å². The fraction of sp³-hybridized carbons (Fsp3) is 0.320. The van der Waals surface area contributed by atoms with Gasteiger partial charge in [0.15, 0.2) is 6.61 Å². The first-order valence-electron chi connectivity index (χ1n) is 10.9. The van der Waals surface area contributed by atoms with Gasteiger partial charge >= 0.3 is 5.97 Å². The van der Waals surface area contributed by atoms with Crippen LogP contribution < -0.4 is 10.6 Å². The van der Waals surface area contributed by atoms with Gasteiger partial charge in [0, 0.05) is 30.9 Å². The number of Topliss-reactive ketones (excluding diaryl/α,β-unsaturated/α-hetero) is 1. The van der Waals surface area contributed by atoms with Crippen LogP contribution in [0.25, 0.3) is 0 Å². The van der Waals surface area contributed by atoms with Gasteiger partial charge in [-0.2, -0.15) is 5.26 Å². The molecule has 2 aromatic carbocycles. The molecular weight excluding hydrogens is 436 g/mol. The number of nitriles is 1. The zero-order valence-corrected chi connectivity index (χ0v) is 18.9. The SMILES string of the molecule is C/C(N)=C(\C#N)C(=O)COC(=O)c1cc([N+](=O)[O-])ccc1N1CCC(Cc2ccccc2)CC1. The number of ether oxygens (including phenoxy) is 1. The average Bonchev–Trinajstić information content (AvgIpc) is 2.83. The molecule has 0 spiro atoms. The van der Waals surface area contributed by atoms with E-state index in [2.05, 4.69) is 12.1 Å². The smallest absolute Gasteiger partial charge is 0.340 e. The molecule has 1 saturated heterocycles. The van der Waals surface area contributed by atoms with E-state index in [0.717, 1.165) is 25.3 Å². The number of nitrogens with zero attached hydrogens (tertiary/aromatic N) is 3. The largest absolute Gasteiger partial charge is 0.454 e. The Kier molecular flexibility index (Phi) is 7.98. The van der Waals surface area contributed by atoms with Gasteiger partial charge in [0.25, 0.3) is 5.69 Å². The lowest BCUT2D eigenvalue weighted by molar-refractivity contribution is -0.384. The summed E-state index contributed by atoms with van der Waals surface area (Å²) in [6, 6.07) is 16.0. The van der Waals surface area contributed by atoms with Crippen molar-refractivity contribution in [2.75, 3.05) is 24.6 Å². The van der Waals surface area contributed by atoms with E-state index in [0.29, 0.717) is 24.7 Å². The van der Waals surface area contributed by atoms with Gasteiger partial charge in [0.05, 0.1) is 16.2 Å². The molecule has 0 radical (unpaired) electrons. The molecule has 9 nitrogen and oxygen atoms in total. The Morgan fingerprint density at radius 3 is 2.47 bits per heavy atom. The van der Waals surface area contributed by atoms with E-state index in [-0.39, 0.29) is 22.5 Å². The molecule has 1 aliphatic rings. The Hall–Kier alpha value is -4.19. The molecule has 1 fully saturated rings. The first-order chi connectivity index (χ1) is 16.3. The third-order valence-electron chi connectivity index (χ3n) is 5.85. The predicted molar refractivity (Wildman–Crippen MR) is 126 cm³/mol. The molecule has 1 aliphatic heterocycles. The molecule has 0 bridgehead atoms. The topological polar surface area (TPSA) is 140 Å². The quantitative estimate of drug-likeness (QED) is 0.207. The number of benzene rings is 2. The van der Waals surface area contributed by atoms with Crippen molar-refractivity contribution in [1.29, 1.82) is 5.26 Å². The van der Waals surface area contributed by atoms with E-state index in [1.807, 2.05) is 23.1 Å². The number of piperidine rings is 1. The number of nitro groups is 1. The maximum Gasteiger partial charge on any atom is 0.340 e. The van der Waals surface area contributed by atoms with Crippen molar-refractivity contribution >= 4 is 23.1 Å². The van der Waals surface area contributed by atoms with Crippen LogP contribution in [0.4, 0.5) is 11.4 Å². The maximum absolute atomic E-state index is 12.8. The van der Waals surface area contributed by atoms with Gasteiger partial charge in [-0.25, -0.2) is 4.79 Å². The van der Waals surface area contributed by atoms with Gasteiger partial charge in [0.1, 0.15) is 11.6 Å². The number of ketones is 1. The normalized spacial score (nSPS) is 14.6. The summed E-state index contributed by atoms with van der Waals surface area (Å²) >= 11 is 0. The minimum atomic E-state index is -0.870. The number of esters is 1. The number of anilines is 1. The maximum atomic E-state index is 12.8. The monoisotopic (exact) mass is 462 g/mol. The van der Waals surface area contributed by atoms with Crippen LogP contribution in [-0.4, -0.2) is 36.4 Å². The number of nitrogens with two attached hydrogens (primary N) is 1. The Morgan fingerprint density at radius 1 is 1.21 bits per heavy atom. The summed E-state index contributed by atoms with van der Waals surface area (Å²) in [7, 11) is 0. The van der Waals surface area contributed by atoms with Gasteiger partial charge in [-0.1, -0.05) is 30.3 Å². The van der Waals surface area contributed by atoms with Gasteiger partial charge in [0.2, 0.25) is 5.78 Å². The molecule has 0 atom stereocenters. The molecule has 0 aliphatic carbocycles. The standard InChI is InChI=1S/C25H26N4O5/c1-17(27)22(15-26)24(30)16-34-25(31)21-14-20(29(32)33)7-8-23(21)28-11-9-19(10-12-28)13-18-5-3-2-4-6-18/h2-8,14,19H,9-13,16,27H2,1H3/b22-17-. The summed E-state index contributed by atoms with van der Waals surface area (Å²) in [5, 5.41) is 20.3. The molecule has 0 amide bonds. The van der Waals surface area contributed by atoms with Crippen LogP contribution in [-0.2, 0) is 16.0 Å². The van der Waals surface area contributed by atoms with E-state index in [1.54, 1.807) is 12.1 Å². The zero-order valence-electron chi connectivity index (χ0n) is 18.9. The van der Waals surface area contributed by atoms with Crippen LogP contribution in [0.5, 0.6) is 0 Å². The second kappa shape index (κ2) is 11.1. The fourth-order valence-electron chi connectivity index (χ4n) is 4.05. The lowest BCUT2D eigenvalue weighted by Crippen LogP contribution is -2.35. The molecule has 176 valence electrons. The van der Waals surface area contributed by atoms with E-state index < -0.39 is 23.3 Å². The molecule has 2 N–H and O–H groups in total. The Labute approximate surface area is 197 Å². The molecular formula is C25H26N4O5. The van der Waals surface area contributed by atoms with E-state index >= 15 is 0 Å². The fourth-order valence-corrected chi connectivity index (χ4v) is 4.05. The number of allylic oxidation sites excluding steroid dienone is 1. The van der Waals surface area contributed by atoms with Gasteiger partial charge in [-0.15, -0.1) is 0 Å². The molecule has 1 heterocycles. The molecule has 9 heteroatoms. The highest BCUT2D eigenvalue weighted by molar-refractivity contribution is 6.03. The van der Waals surface area contributed by atoms with Crippen molar-refractivity contribution in [2.24, 2.45) is 11.7 Å². The van der Waals surface area contributed by atoms with Crippen molar-refractivity contribution in [3.63, 3.8) is 0 Å². The van der Waals surface area contributed by atoms with Crippen LogP contribution >= 0.6 is 0 Å². The van der Waals surface area contributed by atoms with Crippen molar-refractivity contribution in [2.45, 2.75) is 26.2 Å². The van der Waals surface area contributed by atoms with Crippen molar-refractivity contribution in [3.8, 4) is 6.07 Å². The number of non-ortho nitro benzene ring substituents is 1. The Balaban J connectivity index is 1.74. The van der Waals surface area contributed by atoms with Gasteiger partial charge < -0.3 is 15.4 Å². The van der Waals surface area contributed by atoms with Gasteiger partial charge in [-0.05, 0) is 43.7 Å². The minimum absolute atomic E-state index is 0.00969. The molecule has 34 heavy (non-hydrogen) atoms. The van der Waals surface area contributed by atoms with Crippen molar-refractivity contribution in [1.82, 2.24) is 0 Å². The average molecular weight is 463 g/mol. The highest BCUT2D eigenvalue weighted by Crippen LogP contribution is 2.31. The Bertz CT molecular complexity index is 1140. The zero-order chi connectivity index (χ0) is 24.7. The number of carbonyl (C=O) groups excluding carboxylic acids is 2. The summed E-state index contributed by atoms with van der Waals surface area (Å²) in [6.45, 7) is 2.08. The molecule has 3 rings (SSSR count). The summed E-state index contributed by atoms with van der Waals surface area (Å²) in [5.41, 5.74) is 6.81. The van der Waals surface area contributed by atoms with E-state index in [1.165, 1.54) is 18.6 Å². The first kappa shape index (κ1) is 24.5. The Morgan fingerprint density at radius 2 is 1.88 bits per heavy atom. The second-order valence-electron chi connectivity index (χ2n) is 8.25. The van der Waals surface area contributed by atoms with Crippen LogP contribution in [0, 0.1) is 27.4 Å². The van der Waals surface area contributed by atoms with Crippen molar-refractivity contribution in [3.05, 3.63) is 81.0 Å². The number of carbonyl (C=O) groups is 2. The minimum Gasteiger partial charge on any atom is -0.454 e. The lowest BCUT2D eigenvalue weighted by Gasteiger charge is -2.34. The highest BCUT2D eigenvalue weighted by atomic mass is 16.6. The third-order valence-corrected chi connectivity index (χ3v) is 5.85. The molecule has 2 aromatic rings. The molecule has 0 unspecified atom stereocenters. The highest BCUT2D eigenvalue weighted by Gasteiger charge is 2.26. The van der Waals surface area contributed by atoms with Crippen LogP contribution in [0.3, 0.4) is 0 Å². The molecule has 0 aromatic heterocycles.